The van der Waals surface area contributed by atoms with E-state index in [1.54, 1.807) is 18.2 Å². The lowest BCUT2D eigenvalue weighted by Gasteiger charge is -2.25. The summed E-state index contributed by atoms with van der Waals surface area (Å²) < 4.78 is 27.6. The van der Waals surface area contributed by atoms with Crippen LogP contribution in [0.25, 0.3) is 0 Å². The summed E-state index contributed by atoms with van der Waals surface area (Å²) in [5, 5.41) is 3.21. The van der Waals surface area contributed by atoms with Gasteiger partial charge in [-0.15, -0.1) is 0 Å². The van der Waals surface area contributed by atoms with E-state index in [0.717, 1.165) is 18.4 Å². The second-order valence-corrected chi connectivity index (χ2v) is 8.30. The predicted molar refractivity (Wildman–Crippen MR) is 98.1 cm³/mol. The molecule has 1 amide bonds. The summed E-state index contributed by atoms with van der Waals surface area (Å²) in [6, 6.07) is 13.3. The summed E-state index contributed by atoms with van der Waals surface area (Å²) in [5.74, 6) is -0.200. The normalized spacial score (nSPS) is 18.2. The Labute approximate surface area is 152 Å². The van der Waals surface area contributed by atoms with Crippen molar-refractivity contribution in [2.24, 2.45) is 0 Å². The minimum Gasteiger partial charge on any atom is -0.326 e. The molecule has 0 spiro atoms. The number of hydrogen-bond acceptors (Lipinski definition) is 3. The van der Waals surface area contributed by atoms with Gasteiger partial charge in [0.25, 0.3) is 0 Å². The number of amides is 1. The maximum Gasteiger partial charge on any atom is 0.243 e. The lowest BCUT2D eigenvalue weighted by Crippen LogP contribution is -2.30. The Morgan fingerprint density at radius 1 is 1.16 bits per heavy atom. The van der Waals surface area contributed by atoms with Gasteiger partial charge in [-0.05, 0) is 48.7 Å². The van der Waals surface area contributed by atoms with E-state index >= 15 is 0 Å². The third-order valence-corrected chi connectivity index (χ3v) is 6.52. The third kappa shape index (κ3) is 3.71. The van der Waals surface area contributed by atoms with E-state index in [1.165, 1.54) is 23.4 Å². The highest BCUT2D eigenvalue weighted by Gasteiger charge is 2.36. The Balaban J connectivity index is 1.91. The summed E-state index contributed by atoms with van der Waals surface area (Å²) >= 11 is 6.27. The second-order valence-electron chi connectivity index (χ2n) is 6.00. The van der Waals surface area contributed by atoms with E-state index in [-0.39, 0.29) is 16.8 Å². The molecule has 2 aromatic carbocycles. The molecule has 0 bridgehead atoms. The van der Waals surface area contributed by atoms with Gasteiger partial charge in [-0.3, -0.25) is 4.79 Å². The number of halogens is 1. The quantitative estimate of drug-likeness (QED) is 0.879. The van der Waals surface area contributed by atoms with Crippen LogP contribution in [0.15, 0.2) is 53.4 Å². The number of sulfonamides is 1. The Kier molecular flexibility index (Phi) is 5.13. The van der Waals surface area contributed by atoms with Crippen LogP contribution in [0.3, 0.4) is 0 Å². The molecule has 0 radical (unpaired) electrons. The number of carbonyl (C=O) groups is 1. The molecule has 1 aliphatic rings. The molecule has 3 rings (SSSR count). The highest BCUT2D eigenvalue weighted by Crippen LogP contribution is 2.39. The summed E-state index contributed by atoms with van der Waals surface area (Å²) in [6.07, 6.45) is 1.53. The Morgan fingerprint density at radius 3 is 2.48 bits per heavy atom. The zero-order chi connectivity index (χ0) is 18.0. The number of nitrogens with one attached hydrogen (secondary N) is 1. The summed E-state index contributed by atoms with van der Waals surface area (Å²) in [6.45, 7) is 1.87. The van der Waals surface area contributed by atoms with Gasteiger partial charge in [0, 0.05) is 24.2 Å². The molecular weight excluding hydrogens is 360 g/mol. The van der Waals surface area contributed by atoms with Crippen molar-refractivity contribution in [1.82, 2.24) is 4.31 Å². The molecule has 2 aromatic rings. The van der Waals surface area contributed by atoms with Gasteiger partial charge in [-0.25, -0.2) is 8.42 Å². The molecule has 1 heterocycles. The fourth-order valence-electron chi connectivity index (χ4n) is 3.13. The Bertz CT molecular complexity index is 881. The molecule has 7 heteroatoms. The molecule has 25 heavy (non-hydrogen) atoms. The lowest BCUT2D eigenvalue weighted by molar-refractivity contribution is -0.114. The van der Waals surface area contributed by atoms with Gasteiger partial charge < -0.3 is 5.32 Å². The van der Waals surface area contributed by atoms with Crippen molar-refractivity contribution < 1.29 is 13.2 Å². The molecular formula is C18H19ClN2O3S. The smallest absolute Gasteiger partial charge is 0.243 e. The summed E-state index contributed by atoms with van der Waals surface area (Å²) in [7, 11) is -3.64. The molecule has 5 nitrogen and oxygen atoms in total. The van der Waals surface area contributed by atoms with Gasteiger partial charge in [0.2, 0.25) is 15.9 Å². The van der Waals surface area contributed by atoms with Crippen LogP contribution < -0.4 is 5.32 Å². The van der Waals surface area contributed by atoms with Crippen LogP contribution in [0.1, 0.15) is 31.4 Å². The molecule has 0 saturated carbocycles. The topological polar surface area (TPSA) is 66.5 Å². The van der Waals surface area contributed by atoms with Crippen LogP contribution >= 0.6 is 11.6 Å². The van der Waals surface area contributed by atoms with E-state index < -0.39 is 10.0 Å². The van der Waals surface area contributed by atoms with E-state index in [2.05, 4.69) is 5.32 Å². The van der Waals surface area contributed by atoms with Crippen molar-refractivity contribution in [3.63, 3.8) is 0 Å². The van der Waals surface area contributed by atoms with Gasteiger partial charge in [-0.2, -0.15) is 4.31 Å². The van der Waals surface area contributed by atoms with Crippen LogP contribution in [0.2, 0.25) is 5.02 Å². The largest absolute Gasteiger partial charge is 0.326 e. The van der Waals surface area contributed by atoms with E-state index in [1.807, 2.05) is 18.2 Å². The molecule has 1 fully saturated rings. The molecule has 132 valence electrons. The van der Waals surface area contributed by atoms with Crippen molar-refractivity contribution in [1.29, 1.82) is 0 Å². The predicted octanol–water partition coefficient (Wildman–Crippen LogP) is 3.82. The molecule has 1 aliphatic heterocycles. The third-order valence-electron chi connectivity index (χ3n) is 4.25. The molecule has 1 saturated heterocycles. The standard InChI is InChI=1S/C18H19ClN2O3S/c1-13(22)20-14-8-10-15(11-9-14)25(23,24)21-12-4-7-18(21)16-5-2-3-6-17(16)19/h2-3,5-6,8-11,18H,4,7,12H2,1H3,(H,20,22)/t18-/m1/s1. The number of rotatable bonds is 4. The first-order chi connectivity index (χ1) is 11.9. The molecule has 0 unspecified atom stereocenters. The fourth-order valence-corrected chi connectivity index (χ4v) is 5.07. The maximum absolute atomic E-state index is 13.1. The van der Waals surface area contributed by atoms with Crippen molar-refractivity contribution in [3.8, 4) is 0 Å². The summed E-state index contributed by atoms with van der Waals surface area (Å²) in [5.41, 5.74) is 1.40. The van der Waals surface area contributed by atoms with Crippen molar-refractivity contribution in [2.75, 3.05) is 11.9 Å². The second kappa shape index (κ2) is 7.15. The lowest BCUT2D eigenvalue weighted by atomic mass is 10.1. The van der Waals surface area contributed by atoms with Crippen molar-refractivity contribution in [3.05, 3.63) is 59.1 Å². The van der Waals surface area contributed by atoms with E-state index in [0.29, 0.717) is 17.3 Å². The number of carbonyl (C=O) groups excluding carboxylic acids is 1. The van der Waals surface area contributed by atoms with Crippen molar-refractivity contribution in [2.45, 2.75) is 30.7 Å². The summed E-state index contributed by atoms with van der Waals surface area (Å²) in [4.78, 5) is 11.3. The van der Waals surface area contributed by atoms with Gasteiger partial charge in [0.05, 0.1) is 10.9 Å². The van der Waals surface area contributed by atoms with Crippen LogP contribution in [-0.4, -0.2) is 25.2 Å². The average Bonchev–Trinajstić information content (AvgIpc) is 3.05. The first-order valence-corrected chi connectivity index (χ1v) is 9.85. The van der Waals surface area contributed by atoms with E-state index in [4.69, 9.17) is 11.6 Å². The number of nitrogens with zero attached hydrogens (tertiary/aromatic N) is 1. The number of benzene rings is 2. The Morgan fingerprint density at radius 2 is 1.84 bits per heavy atom. The van der Waals surface area contributed by atoms with Gasteiger partial charge in [0.1, 0.15) is 0 Å². The van der Waals surface area contributed by atoms with Gasteiger partial charge >= 0.3 is 0 Å². The highest BCUT2D eigenvalue weighted by atomic mass is 35.5. The fraction of sp³-hybridized carbons (Fsp3) is 0.278. The Hall–Kier alpha value is -1.89. The van der Waals surface area contributed by atoms with Crippen LogP contribution in [0.5, 0.6) is 0 Å². The number of anilines is 1. The van der Waals surface area contributed by atoms with Gasteiger partial charge in [-0.1, -0.05) is 29.8 Å². The first-order valence-electron chi connectivity index (χ1n) is 8.03. The minimum absolute atomic E-state index is 0.200. The van der Waals surface area contributed by atoms with Crippen LogP contribution in [-0.2, 0) is 14.8 Å². The molecule has 1 N–H and O–H groups in total. The molecule has 1 atom stereocenters. The molecule has 0 aromatic heterocycles. The van der Waals surface area contributed by atoms with Crippen LogP contribution in [0.4, 0.5) is 5.69 Å². The molecule has 0 aliphatic carbocycles. The van der Waals surface area contributed by atoms with Crippen molar-refractivity contribution >= 4 is 33.2 Å². The zero-order valence-electron chi connectivity index (χ0n) is 13.8. The average molecular weight is 379 g/mol. The number of hydrogen-bond donors (Lipinski definition) is 1. The SMILES string of the molecule is CC(=O)Nc1ccc(S(=O)(=O)N2CCC[C@@H]2c2ccccc2Cl)cc1. The van der Waals surface area contributed by atoms with E-state index in [9.17, 15) is 13.2 Å². The highest BCUT2D eigenvalue weighted by molar-refractivity contribution is 7.89. The first kappa shape index (κ1) is 17.9. The zero-order valence-corrected chi connectivity index (χ0v) is 15.3. The monoisotopic (exact) mass is 378 g/mol. The maximum atomic E-state index is 13.1. The minimum atomic E-state index is -3.64. The van der Waals surface area contributed by atoms with Crippen LogP contribution in [0, 0.1) is 0 Å². The van der Waals surface area contributed by atoms with Gasteiger partial charge in [0.15, 0.2) is 0 Å².